The molecule has 0 unspecified atom stereocenters. The predicted molar refractivity (Wildman–Crippen MR) is 100 cm³/mol. The van der Waals surface area contributed by atoms with Crippen LogP contribution in [0.2, 0.25) is 0 Å². The van der Waals surface area contributed by atoms with Crippen LogP contribution in [0.1, 0.15) is 16.8 Å². The van der Waals surface area contributed by atoms with E-state index < -0.39 is 0 Å². The van der Waals surface area contributed by atoms with E-state index in [1.807, 2.05) is 34.2 Å². The van der Waals surface area contributed by atoms with Gasteiger partial charge in [-0.05, 0) is 17.5 Å². The van der Waals surface area contributed by atoms with Gasteiger partial charge in [0, 0.05) is 29.2 Å². The molecule has 0 radical (unpaired) electrons. The molecule has 6 nitrogen and oxygen atoms in total. The van der Waals surface area contributed by atoms with Crippen LogP contribution in [0, 0.1) is 11.3 Å². The van der Waals surface area contributed by atoms with Crippen LogP contribution in [0.3, 0.4) is 0 Å². The molecule has 0 aliphatic heterocycles. The second-order valence-electron chi connectivity index (χ2n) is 5.90. The molecule has 128 valence electrons. The number of rotatable bonds is 5. The van der Waals surface area contributed by atoms with Crippen LogP contribution in [0.15, 0.2) is 53.0 Å². The van der Waals surface area contributed by atoms with Crippen molar-refractivity contribution in [2.24, 2.45) is 0 Å². The Morgan fingerprint density at radius 3 is 2.92 bits per heavy atom. The van der Waals surface area contributed by atoms with E-state index in [2.05, 4.69) is 11.1 Å². The Morgan fingerprint density at radius 2 is 2.08 bits per heavy atom. The molecule has 0 saturated carbocycles. The first kappa shape index (κ1) is 16.2. The summed E-state index contributed by atoms with van der Waals surface area (Å²) in [5, 5.41) is 11.5. The first-order valence-electron chi connectivity index (χ1n) is 8.09. The molecule has 0 aliphatic carbocycles. The maximum Gasteiger partial charge on any atom is 0.271 e. The van der Waals surface area contributed by atoms with E-state index in [-0.39, 0.29) is 17.9 Å². The number of thiophene rings is 1. The second kappa shape index (κ2) is 6.58. The Labute approximate surface area is 152 Å². The minimum absolute atomic E-state index is 0.0636. The van der Waals surface area contributed by atoms with Gasteiger partial charge in [0.25, 0.3) is 5.56 Å². The number of Topliss-reactive ketones (excluding diaryl/α,β-unsaturated/α-hetero) is 1. The fourth-order valence-corrected chi connectivity index (χ4v) is 3.85. The van der Waals surface area contributed by atoms with Crippen molar-refractivity contribution in [3.8, 4) is 6.07 Å². The van der Waals surface area contributed by atoms with Crippen LogP contribution < -0.4 is 5.56 Å². The first-order valence-corrected chi connectivity index (χ1v) is 8.97. The topological polar surface area (TPSA) is 80.7 Å². The van der Waals surface area contributed by atoms with Crippen LogP contribution in [0.5, 0.6) is 0 Å². The molecule has 26 heavy (non-hydrogen) atoms. The average molecular weight is 362 g/mol. The normalized spacial score (nSPS) is 11.0. The smallest absolute Gasteiger partial charge is 0.271 e. The molecule has 0 N–H and O–H groups in total. The van der Waals surface area contributed by atoms with E-state index in [0.717, 1.165) is 10.9 Å². The summed E-state index contributed by atoms with van der Waals surface area (Å²) < 4.78 is 3.81. The number of para-hydroxylation sites is 1. The van der Waals surface area contributed by atoms with Gasteiger partial charge in [0.15, 0.2) is 5.78 Å². The fraction of sp³-hybridized carbons (Fsp3) is 0.158. The Morgan fingerprint density at radius 1 is 1.23 bits per heavy atom. The highest BCUT2D eigenvalue weighted by atomic mass is 32.1. The lowest BCUT2D eigenvalue weighted by Crippen LogP contribution is -2.24. The number of benzene rings is 1. The standard InChI is InChI=1S/C19H14N4O2S/c20-7-3-8-22-10-14(13-4-1-2-5-16(13)22)17(24)11-23-12-21-15-6-9-26-18(15)19(23)25/h1-2,4-6,9-10,12H,3,8,11H2. The number of ketones is 1. The van der Waals surface area contributed by atoms with Gasteiger partial charge in [-0.25, -0.2) is 4.98 Å². The quantitative estimate of drug-likeness (QED) is 0.511. The third-order valence-corrected chi connectivity index (χ3v) is 5.19. The van der Waals surface area contributed by atoms with Gasteiger partial charge >= 0.3 is 0 Å². The van der Waals surface area contributed by atoms with E-state index in [1.54, 1.807) is 12.3 Å². The molecule has 0 fully saturated rings. The van der Waals surface area contributed by atoms with Gasteiger partial charge in [0.1, 0.15) is 4.70 Å². The van der Waals surface area contributed by atoms with Gasteiger partial charge in [0.05, 0.1) is 30.9 Å². The lowest BCUT2D eigenvalue weighted by molar-refractivity contribution is 0.0972. The van der Waals surface area contributed by atoms with Crippen molar-refractivity contribution in [1.29, 1.82) is 5.26 Å². The number of fused-ring (bicyclic) bond motifs is 2. The maximum atomic E-state index is 12.9. The van der Waals surface area contributed by atoms with Crippen LogP contribution in [0.4, 0.5) is 0 Å². The van der Waals surface area contributed by atoms with E-state index in [0.29, 0.717) is 28.7 Å². The summed E-state index contributed by atoms with van der Waals surface area (Å²) in [6.07, 6.45) is 3.56. The highest BCUT2D eigenvalue weighted by molar-refractivity contribution is 7.17. The maximum absolute atomic E-state index is 12.9. The summed E-state index contributed by atoms with van der Waals surface area (Å²) in [4.78, 5) is 29.6. The Balaban J connectivity index is 1.73. The lowest BCUT2D eigenvalue weighted by Gasteiger charge is -2.04. The van der Waals surface area contributed by atoms with Crippen LogP contribution in [0.25, 0.3) is 21.1 Å². The Bertz CT molecular complexity index is 1230. The number of hydrogen-bond donors (Lipinski definition) is 0. The van der Waals surface area contributed by atoms with Crippen LogP contribution in [-0.2, 0) is 13.1 Å². The molecule has 0 amide bonds. The SMILES string of the molecule is N#CCCn1cc(C(=O)Cn2cnc3ccsc3c2=O)c2ccccc21. The molecule has 4 aromatic rings. The van der Waals surface area contributed by atoms with E-state index in [1.165, 1.54) is 22.2 Å². The summed E-state index contributed by atoms with van der Waals surface area (Å²) in [5.74, 6) is -0.156. The third kappa shape index (κ3) is 2.70. The highest BCUT2D eigenvalue weighted by Gasteiger charge is 2.16. The van der Waals surface area contributed by atoms with Crippen molar-refractivity contribution < 1.29 is 4.79 Å². The summed E-state index contributed by atoms with van der Waals surface area (Å²) >= 11 is 1.32. The van der Waals surface area contributed by atoms with Gasteiger partial charge in [-0.15, -0.1) is 11.3 Å². The molecule has 4 rings (SSSR count). The van der Waals surface area contributed by atoms with Crippen molar-refractivity contribution >= 4 is 38.2 Å². The summed E-state index contributed by atoms with van der Waals surface area (Å²) in [5.41, 5.74) is 1.91. The minimum atomic E-state index is -0.202. The zero-order valence-corrected chi connectivity index (χ0v) is 14.6. The van der Waals surface area contributed by atoms with Gasteiger partial charge in [-0.3, -0.25) is 14.2 Å². The lowest BCUT2D eigenvalue weighted by atomic mass is 10.1. The van der Waals surface area contributed by atoms with Crippen LogP contribution >= 0.6 is 11.3 Å². The molecule has 7 heteroatoms. The summed E-state index contributed by atoms with van der Waals surface area (Å²) in [6, 6.07) is 11.5. The van der Waals surface area contributed by atoms with Gasteiger partial charge in [-0.1, -0.05) is 18.2 Å². The Hall–Kier alpha value is -3.24. The average Bonchev–Trinajstić information content (AvgIpc) is 3.27. The minimum Gasteiger partial charge on any atom is -0.346 e. The molecule has 1 aromatic carbocycles. The van der Waals surface area contributed by atoms with Crippen molar-refractivity contribution in [2.75, 3.05) is 0 Å². The first-order chi connectivity index (χ1) is 12.7. The molecular weight excluding hydrogens is 348 g/mol. The molecule has 0 spiro atoms. The number of aryl methyl sites for hydroxylation is 1. The number of hydrogen-bond acceptors (Lipinski definition) is 5. The van der Waals surface area contributed by atoms with E-state index >= 15 is 0 Å². The summed E-state index contributed by atoms with van der Waals surface area (Å²) in [7, 11) is 0. The van der Waals surface area contributed by atoms with Crippen molar-refractivity contribution in [2.45, 2.75) is 19.5 Å². The predicted octanol–water partition coefficient (Wildman–Crippen LogP) is 3.21. The third-order valence-electron chi connectivity index (χ3n) is 4.30. The molecule has 0 atom stereocenters. The van der Waals surface area contributed by atoms with Gasteiger partial charge < -0.3 is 4.57 Å². The van der Waals surface area contributed by atoms with Crippen LogP contribution in [-0.4, -0.2) is 19.9 Å². The zero-order chi connectivity index (χ0) is 18.1. The highest BCUT2D eigenvalue weighted by Crippen LogP contribution is 2.22. The molecule has 0 aliphatic rings. The monoisotopic (exact) mass is 362 g/mol. The fourth-order valence-electron chi connectivity index (χ4n) is 3.06. The number of nitrogens with zero attached hydrogens (tertiary/aromatic N) is 4. The molecular formula is C19H14N4O2S. The second-order valence-corrected chi connectivity index (χ2v) is 6.81. The molecule has 3 aromatic heterocycles. The van der Waals surface area contributed by atoms with Gasteiger partial charge in [0.2, 0.25) is 0 Å². The molecule has 0 saturated heterocycles. The summed E-state index contributed by atoms with van der Waals surface area (Å²) in [6.45, 7) is 0.457. The van der Waals surface area contributed by atoms with Crippen molar-refractivity contribution in [1.82, 2.24) is 14.1 Å². The number of aromatic nitrogens is 3. The van der Waals surface area contributed by atoms with Gasteiger partial charge in [-0.2, -0.15) is 5.26 Å². The number of nitriles is 1. The van der Waals surface area contributed by atoms with Crippen molar-refractivity contribution in [3.05, 3.63) is 64.2 Å². The Kier molecular flexibility index (Phi) is 4.11. The largest absolute Gasteiger partial charge is 0.346 e. The van der Waals surface area contributed by atoms with E-state index in [9.17, 15) is 9.59 Å². The zero-order valence-electron chi connectivity index (χ0n) is 13.8. The molecule has 0 bridgehead atoms. The molecule has 3 heterocycles. The van der Waals surface area contributed by atoms with Crippen molar-refractivity contribution in [3.63, 3.8) is 0 Å². The number of carbonyl (C=O) groups is 1. The van der Waals surface area contributed by atoms with E-state index in [4.69, 9.17) is 5.26 Å². The number of carbonyl (C=O) groups excluding carboxylic acids is 1.